The van der Waals surface area contributed by atoms with Crippen LogP contribution in [0.5, 0.6) is 0 Å². The van der Waals surface area contributed by atoms with Crippen molar-refractivity contribution in [2.24, 2.45) is 0 Å². The van der Waals surface area contributed by atoms with E-state index >= 15 is 0 Å². The summed E-state index contributed by atoms with van der Waals surface area (Å²) in [5, 5.41) is 10.9. The standard InChI is InChI=1S/C21H14IN3O2/c22-17-10-6-16(7-11-17)21-23-19(14-4-2-1-3-5-14)20(24-21)15-8-12-18(13-9-15)25(26)27/h1-13H,(H,23,24). The molecule has 1 heterocycles. The van der Waals surface area contributed by atoms with E-state index in [1.165, 1.54) is 12.1 Å². The smallest absolute Gasteiger partial charge is 0.269 e. The van der Waals surface area contributed by atoms with E-state index in [0.717, 1.165) is 37.5 Å². The number of nitro groups is 1. The number of H-pyrrole nitrogens is 1. The molecule has 0 unspecified atom stereocenters. The molecule has 0 bridgehead atoms. The topological polar surface area (TPSA) is 71.8 Å². The summed E-state index contributed by atoms with van der Waals surface area (Å²) in [5.74, 6) is 0.763. The zero-order chi connectivity index (χ0) is 18.8. The van der Waals surface area contributed by atoms with Crippen LogP contribution >= 0.6 is 22.6 Å². The predicted molar refractivity (Wildman–Crippen MR) is 114 cm³/mol. The van der Waals surface area contributed by atoms with Gasteiger partial charge in [-0.2, -0.15) is 0 Å². The molecular weight excluding hydrogens is 453 g/mol. The van der Waals surface area contributed by atoms with Crippen LogP contribution in [0.15, 0.2) is 78.9 Å². The van der Waals surface area contributed by atoms with Crippen molar-refractivity contribution in [1.82, 2.24) is 9.97 Å². The predicted octanol–water partition coefficient (Wildman–Crippen LogP) is 5.92. The van der Waals surface area contributed by atoms with Gasteiger partial charge in [0.05, 0.1) is 16.3 Å². The quantitative estimate of drug-likeness (QED) is 0.230. The van der Waals surface area contributed by atoms with Crippen LogP contribution in [0, 0.1) is 13.7 Å². The lowest BCUT2D eigenvalue weighted by atomic mass is 10.0. The van der Waals surface area contributed by atoms with Crippen LogP contribution in [0.25, 0.3) is 33.9 Å². The number of halogens is 1. The molecule has 0 atom stereocenters. The molecule has 0 spiro atoms. The van der Waals surface area contributed by atoms with Crippen LogP contribution in [0.4, 0.5) is 5.69 Å². The van der Waals surface area contributed by atoms with Gasteiger partial charge in [0.2, 0.25) is 0 Å². The van der Waals surface area contributed by atoms with Crippen molar-refractivity contribution in [2.45, 2.75) is 0 Å². The number of non-ortho nitro benzene ring substituents is 1. The summed E-state index contributed by atoms with van der Waals surface area (Å²) >= 11 is 2.27. The summed E-state index contributed by atoms with van der Waals surface area (Å²) in [6, 6.07) is 24.5. The van der Waals surface area contributed by atoms with Gasteiger partial charge in [-0.25, -0.2) is 4.98 Å². The van der Waals surface area contributed by atoms with Crippen LogP contribution in [-0.4, -0.2) is 14.9 Å². The molecule has 5 nitrogen and oxygen atoms in total. The maximum atomic E-state index is 10.9. The number of hydrogen-bond acceptors (Lipinski definition) is 3. The Morgan fingerprint density at radius 3 is 2.07 bits per heavy atom. The lowest BCUT2D eigenvalue weighted by molar-refractivity contribution is -0.384. The van der Waals surface area contributed by atoms with Crippen LogP contribution in [0.3, 0.4) is 0 Å². The first kappa shape index (κ1) is 17.4. The number of aromatic amines is 1. The fraction of sp³-hybridized carbons (Fsp3) is 0. The molecule has 0 saturated heterocycles. The fourth-order valence-corrected chi connectivity index (χ4v) is 3.24. The van der Waals surface area contributed by atoms with E-state index in [1.54, 1.807) is 12.1 Å². The molecule has 0 aliphatic carbocycles. The molecule has 1 aromatic heterocycles. The van der Waals surface area contributed by atoms with Crippen LogP contribution in [-0.2, 0) is 0 Å². The molecule has 0 radical (unpaired) electrons. The third-order valence-electron chi connectivity index (χ3n) is 4.24. The highest BCUT2D eigenvalue weighted by atomic mass is 127. The van der Waals surface area contributed by atoms with Crippen molar-refractivity contribution in [3.05, 3.63) is 92.5 Å². The summed E-state index contributed by atoms with van der Waals surface area (Å²) < 4.78 is 1.15. The van der Waals surface area contributed by atoms with Crippen molar-refractivity contribution in [3.8, 4) is 33.9 Å². The van der Waals surface area contributed by atoms with Crippen molar-refractivity contribution in [3.63, 3.8) is 0 Å². The summed E-state index contributed by atoms with van der Waals surface area (Å²) in [6.07, 6.45) is 0. The Labute approximate surface area is 169 Å². The van der Waals surface area contributed by atoms with Crippen molar-refractivity contribution >= 4 is 28.3 Å². The number of nitrogens with one attached hydrogen (secondary N) is 1. The second-order valence-electron chi connectivity index (χ2n) is 5.99. The molecule has 0 fully saturated rings. The minimum atomic E-state index is -0.397. The molecule has 27 heavy (non-hydrogen) atoms. The lowest BCUT2D eigenvalue weighted by Gasteiger charge is -2.03. The van der Waals surface area contributed by atoms with Gasteiger partial charge in [0.1, 0.15) is 5.82 Å². The normalized spacial score (nSPS) is 10.7. The third-order valence-corrected chi connectivity index (χ3v) is 4.95. The molecule has 0 aliphatic heterocycles. The number of aromatic nitrogens is 2. The van der Waals surface area contributed by atoms with E-state index in [4.69, 9.17) is 4.98 Å². The van der Waals surface area contributed by atoms with E-state index in [1.807, 2.05) is 54.6 Å². The number of nitro benzene ring substituents is 1. The molecule has 6 heteroatoms. The zero-order valence-electron chi connectivity index (χ0n) is 14.1. The molecule has 1 N–H and O–H groups in total. The number of benzene rings is 3. The fourth-order valence-electron chi connectivity index (χ4n) is 2.88. The summed E-state index contributed by atoms with van der Waals surface area (Å²) in [4.78, 5) is 18.8. The Hall–Kier alpha value is -3.00. The van der Waals surface area contributed by atoms with Gasteiger partial charge >= 0.3 is 0 Å². The summed E-state index contributed by atoms with van der Waals surface area (Å²) in [6.45, 7) is 0. The molecule has 4 rings (SSSR count). The average Bonchev–Trinajstić information content (AvgIpc) is 3.15. The Morgan fingerprint density at radius 2 is 1.44 bits per heavy atom. The van der Waals surface area contributed by atoms with Crippen LogP contribution < -0.4 is 0 Å². The molecule has 3 aromatic carbocycles. The van der Waals surface area contributed by atoms with Crippen molar-refractivity contribution in [1.29, 1.82) is 0 Å². The van der Waals surface area contributed by atoms with Gasteiger partial charge in [-0.15, -0.1) is 0 Å². The average molecular weight is 467 g/mol. The van der Waals surface area contributed by atoms with Gasteiger partial charge < -0.3 is 4.98 Å². The molecule has 132 valence electrons. The first-order valence-corrected chi connectivity index (χ1v) is 9.36. The SMILES string of the molecule is O=[N+]([O-])c1ccc(-c2[nH]c(-c3ccc(I)cc3)nc2-c2ccccc2)cc1. The van der Waals surface area contributed by atoms with E-state index < -0.39 is 4.92 Å². The first-order valence-electron chi connectivity index (χ1n) is 8.28. The van der Waals surface area contributed by atoms with E-state index in [9.17, 15) is 10.1 Å². The molecule has 4 aromatic rings. The van der Waals surface area contributed by atoms with Crippen molar-refractivity contribution < 1.29 is 4.92 Å². The van der Waals surface area contributed by atoms with Gasteiger partial charge in [0.15, 0.2) is 0 Å². The van der Waals surface area contributed by atoms with Crippen molar-refractivity contribution in [2.75, 3.05) is 0 Å². The highest BCUT2D eigenvalue weighted by Crippen LogP contribution is 2.33. The Balaban J connectivity index is 1.86. The van der Waals surface area contributed by atoms with Crippen LogP contribution in [0.1, 0.15) is 0 Å². The van der Waals surface area contributed by atoms with E-state index in [2.05, 4.69) is 27.6 Å². The molecule has 0 saturated carbocycles. The Morgan fingerprint density at radius 1 is 0.815 bits per heavy atom. The highest BCUT2D eigenvalue weighted by Gasteiger charge is 2.16. The monoisotopic (exact) mass is 467 g/mol. The maximum Gasteiger partial charge on any atom is 0.269 e. The number of imidazole rings is 1. The lowest BCUT2D eigenvalue weighted by Crippen LogP contribution is -1.88. The minimum absolute atomic E-state index is 0.0670. The summed E-state index contributed by atoms with van der Waals surface area (Å²) in [7, 11) is 0. The maximum absolute atomic E-state index is 10.9. The minimum Gasteiger partial charge on any atom is -0.337 e. The van der Waals surface area contributed by atoms with Gasteiger partial charge in [0.25, 0.3) is 5.69 Å². The largest absolute Gasteiger partial charge is 0.337 e. The van der Waals surface area contributed by atoms with Crippen LogP contribution in [0.2, 0.25) is 0 Å². The van der Waals surface area contributed by atoms with Gasteiger partial charge in [0, 0.05) is 32.4 Å². The van der Waals surface area contributed by atoms with E-state index in [0.29, 0.717) is 0 Å². The Bertz CT molecular complexity index is 1090. The second-order valence-corrected chi connectivity index (χ2v) is 7.23. The number of nitrogens with zero attached hydrogens (tertiary/aromatic N) is 2. The van der Waals surface area contributed by atoms with Gasteiger partial charge in [-0.1, -0.05) is 42.5 Å². The van der Waals surface area contributed by atoms with E-state index in [-0.39, 0.29) is 5.69 Å². The summed E-state index contributed by atoms with van der Waals surface area (Å²) in [5.41, 5.74) is 4.54. The van der Waals surface area contributed by atoms with Gasteiger partial charge in [-0.3, -0.25) is 10.1 Å². The number of rotatable bonds is 4. The molecule has 0 amide bonds. The molecule has 0 aliphatic rings. The Kier molecular flexibility index (Phi) is 4.72. The molecular formula is C21H14IN3O2. The first-order chi connectivity index (χ1) is 13.1. The highest BCUT2D eigenvalue weighted by molar-refractivity contribution is 14.1. The third kappa shape index (κ3) is 3.61. The zero-order valence-corrected chi connectivity index (χ0v) is 16.3. The second kappa shape index (κ2) is 7.32. The van der Waals surface area contributed by atoms with Gasteiger partial charge in [-0.05, 0) is 46.9 Å². The number of hydrogen-bond donors (Lipinski definition) is 1.